The molecule has 6 heteroatoms. The lowest BCUT2D eigenvalue weighted by molar-refractivity contribution is 0.239. The summed E-state index contributed by atoms with van der Waals surface area (Å²) in [5, 5.41) is 12.9. The first-order chi connectivity index (χ1) is 11.4. The zero-order valence-corrected chi connectivity index (χ0v) is 13.2. The number of anilines is 2. The van der Waals surface area contributed by atoms with E-state index in [1.165, 1.54) is 12.0 Å². The number of aliphatic hydroxyl groups is 1. The van der Waals surface area contributed by atoms with Gasteiger partial charge >= 0.3 is 0 Å². The van der Waals surface area contributed by atoms with Crippen LogP contribution in [0.15, 0.2) is 36.9 Å². The van der Waals surface area contributed by atoms with Crippen LogP contribution in [0.1, 0.15) is 24.8 Å². The van der Waals surface area contributed by atoms with Crippen LogP contribution in [0.5, 0.6) is 0 Å². The van der Waals surface area contributed by atoms with E-state index in [0.29, 0.717) is 0 Å². The minimum atomic E-state index is 0.168. The number of nitrogens with one attached hydrogen (secondary N) is 1. The third-order valence-corrected chi connectivity index (χ3v) is 4.23. The smallest absolute Gasteiger partial charge is 0.134 e. The molecule has 0 saturated carbocycles. The molecule has 1 saturated heterocycles. The highest BCUT2D eigenvalue weighted by atomic mass is 16.3. The summed E-state index contributed by atoms with van der Waals surface area (Å²) in [7, 11) is 0. The van der Waals surface area contributed by atoms with Crippen LogP contribution in [0.2, 0.25) is 0 Å². The van der Waals surface area contributed by atoms with E-state index in [1.807, 2.05) is 18.3 Å². The van der Waals surface area contributed by atoms with Crippen molar-refractivity contribution in [3.8, 4) is 0 Å². The molecule has 1 fully saturated rings. The van der Waals surface area contributed by atoms with Gasteiger partial charge in [0.15, 0.2) is 0 Å². The molecule has 1 atom stereocenters. The largest absolute Gasteiger partial charge is 0.394 e. The fourth-order valence-electron chi connectivity index (χ4n) is 2.97. The summed E-state index contributed by atoms with van der Waals surface area (Å²) in [5.74, 6) is 1.71. The molecule has 1 aliphatic rings. The van der Waals surface area contributed by atoms with E-state index in [9.17, 15) is 5.11 Å². The summed E-state index contributed by atoms with van der Waals surface area (Å²) < 4.78 is 0. The van der Waals surface area contributed by atoms with E-state index in [-0.39, 0.29) is 12.6 Å². The molecule has 2 N–H and O–H groups in total. The maximum atomic E-state index is 9.55. The van der Waals surface area contributed by atoms with Crippen molar-refractivity contribution in [1.82, 2.24) is 15.0 Å². The van der Waals surface area contributed by atoms with Crippen LogP contribution in [0.3, 0.4) is 0 Å². The third-order valence-electron chi connectivity index (χ3n) is 4.23. The van der Waals surface area contributed by atoms with Crippen molar-refractivity contribution in [2.45, 2.75) is 31.7 Å². The van der Waals surface area contributed by atoms with Gasteiger partial charge in [-0.1, -0.05) is 6.07 Å². The molecular formula is C17H23N5O. The molecule has 2 aromatic rings. The lowest BCUT2D eigenvalue weighted by Gasteiger charge is -2.35. The van der Waals surface area contributed by atoms with Gasteiger partial charge in [-0.3, -0.25) is 4.98 Å². The van der Waals surface area contributed by atoms with Crippen molar-refractivity contribution >= 4 is 11.6 Å². The summed E-state index contributed by atoms with van der Waals surface area (Å²) in [6.45, 7) is 1.91. The standard InChI is InChI=1S/C17H23N5O/c23-12-15-5-1-2-9-22(15)17-10-16(20-13-21-17)19-8-6-14-4-3-7-18-11-14/h3-4,7,10-11,13,15,23H,1-2,5-6,8-9,12H2,(H,19,20,21)/t15-/m1/s1. The van der Waals surface area contributed by atoms with E-state index in [4.69, 9.17) is 0 Å². The van der Waals surface area contributed by atoms with Crippen LogP contribution in [0.4, 0.5) is 11.6 Å². The van der Waals surface area contributed by atoms with Gasteiger partial charge in [-0.15, -0.1) is 0 Å². The number of hydrogen-bond acceptors (Lipinski definition) is 6. The fraction of sp³-hybridized carbons (Fsp3) is 0.471. The molecule has 0 amide bonds. The normalized spacial score (nSPS) is 18.0. The number of pyridine rings is 1. The first-order valence-electron chi connectivity index (χ1n) is 8.19. The highest BCUT2D eigenvalue weighted by Gasteiger charge is 2.23. The molecule has 23 heavy (non-hydrogen) atoms. The number of hydrogen-bond donors (Lipinski definition) is 2. The summed E-state index contributed by atoms with van der Waals surface area (Å²) in [5.41, 5.74) is 1.20. The molecule has 3 rings (SSSR count). The molecule has 0 bridgehead atoms. The van der Waals surface area contributed by atoms with Gasteiger partial charge in [0.05, 0.1) is 12.6 Å². The monoisotopic (exact) mass is 313 g/mol. The SMILES string of the molecule is OC[C@H]1CCCCN1c1cc(NCCc2cccnc2)ncn1. The number of rotatable bonds is 6. The van der Waals surface area contributed by atoms with Gasteiger partial charge in [-0.2, -0.15) is 0 Å². The second-order valence-corrected chi connectivity index (χ2v) is 5.83. The van der Waals surface area contributed by atoms with Crippen LogP contribution in [-0.2, 0) is 6.42 Å². The Morgan fingerprint density at radius 3 is 3.09 bits per heavy atom. The molecule has 0 radical (unpaired) electrons. The quantitative estimate of drug-likeness (QED) is 0.848. The second kappa shape index (κ2) is 7.87. The first-order valence-corrected chi connectivity index (χ1v) is 8.19. The maximum Gasteiger partial charge on any atom is 0.134 e. The summed E-state index contributed by atoms with van der Waals surface area (Å²) >= 11 is 0. The van der Waals surface area contributed by atoms with Crippen molar-refractivity contribution in [3.05, 3.63) is 42.5 Å². The number of piperidine rings is 1. The third kappa shape index (κ3) is 4.16. The predicted octanol–water partition coefficient (Wildman–Crippen LogP) is 1.88. The highest BCUT2D eigenvalue weighted by Crippen LogP contribution is 2.23. The Morgan fingerprint density at radius 2 is 2.26 bits per heavy atom. The molecule has 0 aromatic carbocycles. The highest BCUT2D eigenvalue weighted by molar-refractivity contribution is 5.49. The Balaban J connectivity index is 1.60. The minimum Gasteiger partial charge on any atom is -0.394 e. The van der Waals surface area contributed by atoms with E-state index in [0.717, 1.165) is 44.0 Å². The van der Waals surface area contributed by atoms with Crippen LogP contribution in [-0.4, -0.2) is 45.8 Å². The van der Waals surface area contributed by atoms with Gasteiger partial charge in [0.1, 0.15) is 18.0 Å². The number of nitrogens with zero attached hydrogens (tertiary/aromatic N) is 4. The van der Waals surface area contributed by atoms with E-state index in [1.54, 1.807) is 12.5 Å². The second-order valence-electron chi connectivity index (χ2n) is 5.83. The fourth-order valence-corrected chi connectivity index (χ4v) is 2.97. The lowest BCUT2D eigenvalue weighted by atomic mass is 10.0. The number of aliphatic hydroxyl groups excluding tert-OH is 1. The summed E-state index contributed by atoms with van der Waals surface area (Å²) in [6, 6.07) is 6.15. The number of aromatic nitrogens is 3. The Morgan fingerprint density at radius 1 is 1.30 bits per heavy atom. The van der Waals surface area contributed by atoms with E-state index >= 15 is 0 Å². The molecule has 2 aromatic heterocycles. The van der Waals surface area contributed by atoms with Gasteiger partial charge in [-0.25, -0.2) is 9.97 Å². The molecule has 0 aliphatic carbocycles. The van der Waals surface area contributed by atoms with Crippen LogP contribution in [0.25, 0.3) is 0 Å². The minimum absolute atomic E-state index is 0.168. The Hall–Kier alpha value is -2.21. The van der Waals surface area contributed by atoms with Gasteiger partial charge in [0.2, 0.25) is 0 Å². The molecule has 0 unspecified atom stereocenters. The van der Waals surface area contributed by atoms with E-state index in [2.05, 4.69) is 31.2 Å². The van der Waals surface area contributed by atoms with Gasteiger partial charge in [-0.05, 0) is 37.3 Å². The Labute approximate surface area is 136 Å². The molecule has 3 heterocycles. The van der Waals surface area contributed by atoms with Gasteiger partial charge in [0.25, 0.3) is 0 Å². The maximum absolute atomic E-state index is 9.55. The van der Waals surface area contributed by atoms with Crippen LogP contribution < -0.4 is 10.2 Å². The average Bonchev–Trinajstić information content (AvgIpc) is 2.63. The van der Waals surface area contributed by atoms with Gasteiger partial charge in [0, 0.05) is 31.5 Å². The molecular weight excluding hydrogens is 290 g/mol. The van der Waals surface area contributed by atoms with Crippen LogP contribution >= 0.6 is 0 Å². The van der Waals surface area contributed by atoms with Crippen molar-refractivity contribution in [2.75, 3.05) is 29.9 Å². The molecule has 6 nitrogen and oxygen atoms in total. The average molecular weight is 313 g/mol. The van der Waals surface area contributed by atoms with Crippen molar-refractivity contribution in [3.63, 3.8) is 0 Å². The van der Waals surface area contributed by atoms with Crippen LogP contribution in [0, 0.1) is 0 Å². The Kier molecular flexibility index (Phi) is 5.37. The van der Waals surface area contributed by atoms with Crippen molar-refractivity contribution < 1.29 is 5.11 Å². The van der Waals surface area contributed by atoms with E-state index < -0.39 is 0 Å². The molecule has 0 spiro atoms. The lowest BCUT2D eigenvalue weighted by Crippen LogP contribution is -2.42. The van der Waals surface area contributed by atoms with Crippen molar-refractivity contribution in [2.24, 2.45) is 0 Å². The summed E-state index contributed by atoms with van der Waals surface area (Å²) in [6.07, 6.45) is 9.48. The predicted molar refractivity (Wildman–Crippen MR) is 90.5 cm³/mol. The topological polar surface area (TPSA) is 74.2 Å². The molecule has 1 aliphatic heterocycles. The zero-order valence-electron chi connectivity index (χ0n) is 13.2. The first kappa shape index (κ1) is 15.7. The van der Waals surface area contributed by atoms with Crippen molar-refractivity contribution in [1.29, 1.82) is 0 Å². The zero-order chi connectivity index (χ0) is 15.9. The Bertz CT molecular complexity index is 607. The van der Waals surface area contributed by atoms with Gasteiger partial charge < -0.3 is 15.3 Å². The molecule has 122 valence electrons. The summed E-state index contributed by atoms with van der Waals surface area (Å²) in [4.78, 5) is 15.0.